The largest absolute Gasteiger partial charge is 0.359 e. The Bertz CT molecular complexity index is 541. The van der Waals surface area contributed by atoms with Crippen LogP contribution < -0.4 is 5.32 Å². The Morgan fingerprint density at radius 2 is 2.09 bits per heavy atom. The third-order valence-corrected chi connectivity index (χ3v) is 3.96. The van der Waals surface area contributed by atoms with Crippen molar-refractivity contribution in [3.8, 4) is 0 Å². The number of carbonyl (C=O) groups is 2. The Balaban J connectivity index is 2.14. The lowest BCUT2D eigenvalue weighted by Crippen LogP contribution is -2.41. The third kappa shape index (κ3) is 3.65. The standard InChI is InChI=1S/C15H24N4O3/c1-10(2)12-7-13(22-17-12)15(21)19-6-5-18(4)8-11(9-19)14(20)16-3/h7,10-11H,5-6,8-9H2,1-4H3,(H,16,20)/t11-/m1/s1. The number of aromatic nitrogens is 1. The quantitative estimate of drug-likeness (QED) is 0.882. The molecule has 22 heavy (non-hydrogen) atoms. The van der Waals surface area contributed by atoms with Crippen LogP contribution in [-0.4, -0.2) is 67.0 Å². The number of likely N-dealkylation sites (N-methyl/N-ethyl adjacent to an activating group) is 1. The van der Waals surface area contributed by atoms with Gasteiger partial charge in [-0.3, -0.25) is 9.59 Å². The van der Waals surface area contributed by atoms with E-state index in [2.05, 4.69) is 15.4 Å². The smallest absolute Gasteiger partial charge is 0.292 e. The van der Waals surface area contributed by atoms with E-state index in [1.54, 1.807) is 18.0 Å². The lowest BCUT2D eigenvalue weighted by Gasteiger charge is -2.22. The van der Waals surface area contributed by atoms with Crippen molar-refractivity contribution in [3.05, 3.63) is 17.5 Å². The summed E-state index contributed by atoms with van der Waals surface area (Å²) in [5, 5.41) is 6.59. The maximum absolute atomic E-state index is 12.6. The van der Waals surface area contributed by atoms with Crippen LogP contribution in [0.25, 0.3) is 0 Å². The zero-order valence-electron chi connectivity index (χ0n) is 13.6. The Morgan fingerprint density at radius 3 is 2.68 bits per heavy atom. The SMILES string of the molecule is CNC(=O)[C@@H]1CN(C)CCN(C(=O)c2cc(C(C)C)no2)C1. The number of carbonyl (C=O) groups excluding carboxylic acids is 2. The fraction of sp³-hybridized carbons (Fsp3) is 0.667. The minimum absolute atomic E-state index is 0.0491. The van der Waals surface area contributed by atoms with Gasteiger partial charge < -0.3 is 19.6 Å². The van der Waals surface area contributed by atoms with Gasteiger partial charge in [-0.1, -0.05) is 19.0 Å². The molecule has 0 spiro atoms. The van der Waals surface area contributed by atoms with E-state index in [1.165, 1.54) is 0 Å². The maximum atomic E-state index is 12.6. The summed E-state index contributed by atoms with van der Waals surface area (Å²) in [7, 11) is 3.57. The van der Waals surface area contributed by atoms with E-state index in [0.717, 1.165) is 12.2 Å². The molecule has 1 fully saturated rings. The average Bonchev–Trinajstić information content (AvgIpc) is 2.90. The van der Waals surface area contributed by atoms with Gasteiger partial charge in [0.1, 0.15) is 0 Å². The highest BCUT2D eigenvalue weighted by Crippen LogP contribution is 2.17. The number of hydrogen-bond acceptors (Lipinski definition) is 5. The van der Waals surface area contributed by atoms with Crippen LogP contribution in [0.2, 0.25) is 0 Å². The van der Waals surface area contributed by atoms with Crippen molar-refractivity contribution in [1.82, 2.24) is 20.3 Å². The molecule has 1 saturated heterocycles. The molecule has 0 unspecified atom stereocenters. The van der Waals surface area contributed by atoms with Gasteiger partial charge in [0.05, 0.1) is 11.6 Å². The number of hydrogen-bond donors (Lipinski definition) is 1. The topological polar surface area (TPSA) is 78.7 Å². The normalized spacial score (nSPS) is 20.0. The molecule has 1 aliphatic heterocycles. The second-order valence-electron chi connectivity index (χ2n) is 6.10. The molecular weight excluding hydrogens is 284 g/mol. The minimum atomic E-state index is -0.242. The van der Waals surface area contributed by atoms with Crippen LogP contribution in [0.15, 0.2) is 10.6 Å². The summed E-state index contributed by atoms with van der Waals surface area (Å²) < 4.78 is 5.18. The lowest BCUT2D eigenvalue weighted by molar-refractivity contribution is -0.125. The van der Waals surface area contributed by atoms with Crippen LogP contribution in [0.1, 0.15) is 36.0 Å². The van der Waals surface area contributed by atoms with Crippen molar-refractivity contribution in [2.24, 2.45) is 5.92 Å². The van der Waals surface area contributed by atoms with E-state index < -0.39 is 0 Å². The van der Waals surface area contributed by atoms with Crippen LogP contribution in [0.3, 0.4) is 0 Å². The fourth-order valence-corrected chi connectivity index (χ4v) is 2.55. The van der Waals surface area contributed by atoms with Crippen molar-refractivity contribution in [2.75, 3.05) is 40.3 Å². The van der Waals surface area contributed by atoms with E-state index in [4.69, 9.17) is 4.52 Å². The summed E-state index contributed by atoms with van der Waals surface area (Å²) in [4.78, 5) is 28.3. The average molecular weight is 308 g/mol. The number of nitrogens with zero attached hydrogens (tertiary/aromatic N) is 3. The van der Waals surface area contributed by atoms with Crippen molar-refractivity contribution in [1.29, 1.82) is 0 Å². The molecule has 2 heterocycles. The molecule has 0 radical (unpaired) electrons. The molecule has 1 aromatic heterocycles. The molecule has 7 heteroatoms. The highest BCUT2D eigenvalue weighted by molar-refractivity contribution is 5.92. The number of nitrogens with one attached hydrogen (secondary N) is 1. The van der Waals surface area contributed by atoms with Crippen LogP contribution in [0, 0.1) is 5.92 Å². The van der Waals surface area contributed by atoms with Gasteiger partial charge >= 0.3 is 0 Å². The van der Waals surface area contributed by atoms with Crippen LogP contribution in [0.4, 0.5) is 0 Å². The van der Waals surface area contributed by atoms with Crippen LogP contribution >= 0.6 is 0 Å². The first kappa shape index (κ1) is 16.5. The summed E-state index contributed by atoms with van der Waals surface area (Å²) in [6.45, 7) is 6.31. The number of amides is 2. The molecule has 7 nitrogen and oxygen atoms in total. The Morgan fingerprint density at radius 1 is 1.36 bits per heavy atom. The molecular formula is C15H24N4O3. The third-order valence-electron chi connectivity index (χ3n) is 3.96. The van der Waals surface area contributed by atoms with E-state index in [9.17, 15) is 9.59 Å². The maximum Gasteiger partial charge on any atom is 0.292 e. The Hall–Kier alpha value is -1.89. The van der Waals surface area contributed by atoms with Gasteiger partial charge in [0.2, 0.25) is 11.7 Å². The monoisotopic (exact) mass is 308 g/mol. The molecule has 2 rings (SSSR count). The summed E-state index contributed by atoms with van der Waals surface area (Å²) in [5.41, 5.74) is 0.762. The van der Waals surface area contributed by atoms with Crippen molar-refractivity contribution < 1.29 is 14.1 Å². The second kappa shape index (κ2) is 6.91. The fourth-order valence-electron chi connectivity index (χ4n) is 2.55. The zero-order chi connectivity index (χ0) is 16.3. The molecule has 2 amide bonds. The first-order valence-electron chi connectivity index (χ1n) is 7.58. The van der Waals surface area contributed by atoms with Gasteiger partial charge in [0, 0.05) is 39.3 Å². The van der Waals surface area contributed by atoms with Gasteiger partial charge in [-0.05, 0) is 13.0 Å². The van der Waals surface area contributed by atoms with E-state index in [-0.39, 0.29) is 29.4 Å². The summed E-state index contributed by atoms with van der Waals surface area (Å²) in [5.74, 6) is -0.0485. The minimum Gasteiger partial charge on any atom is -0.359 e. The lowest BCUT2D eigenvalue weighted by atomic mass is 10.1. The van der Waals surface area contributed by atoms with Crippen molar-refractivity contribution in [2.45, 2.75) is 19.8 Å². The zero-order valence-corrected chi connectivity index (χ0v) is 13.6. The van der Waals surface area contributed by atoms with E-state index >= 15 is 0 Å². The Kier molecular flexibility index (Phi) is 5.18. The van der Waals surface area contributed by atoms with Gasteiger partial charge in [-0.2, -0.15) is 0 Å². The van der Waals surface area contributed by atoms with Gasteiger partial charge in [-0.25, -0.2) is 0 Å². The highest BCUT2D eigenvalue weighted by Gasteiger charge is 2.30. The molecule has 1 aromatic rings. The molecule has 1 atom stereocenters. The first-order chi connectivity index (χ1) is 10.4. The van der Waals surface area contributed by atoms with Crippen molar-refractivity contribution in [3.63, 3.8) is 0 Å². The molecule has 0 saturated carbocycles. The van der Waals surface area contributed by atoms with E-state index in [1.807, 2.05) is 20.9 Å². The molecule has 0 aliphatic carbocycles. The second-order valence-corrected chi connectivity index (χ2v) is 6.10. The van der Waals surface area contributed by atoms with Gasteiger partial charge in [0.15, 0.2) is 0 Å². The predicted octanol–water partition coefficient (Wildman–Crippen LogP) is 0.548. The molecule has 1 N–H and O–H groups in total. The summed E-state index contributed by atoms with van der Waals surface area (Å²) in [6.07, 6.45) is 0. The van der Waals surface area contributed by atoms with Crippen LogP contribution in [-0.2, 0) is 4.79 Å². The molecule has 1 aliphatic rings. The van der Waals surface area contributed by atoms with Gasteiger partial charge in [-0.15, -0.1) is 0 Å². The van der Waals surface area contributed by atoms with Gasteiger partial charge in [0.25, 0.3) is 5.91 Å². The summed E-state index contributed by atoms with van der Waals surface area (Å²) in [6, 6.07) is 1.69. The van der Waals surface area contributed by atoms with Crippen molar-refractivity contribution >= 4 is 11.8 Å². The first-order valence-corrected chi connectivity index (χ1v) is 7.58. The predicted molar refractivity (Wildman–Crippen MR) is 81.5 cm³/mol. The molecule has 122 valence electrons. The van der Waals surface area contributed by atoms with Crippen LogP contribution in [0.5, 0.6) is 0 Å². The Labute approximate surface area is 130 Å². The molecule has 0 aromatic carbocycles. The number of rotatable bonds is 3. The van der Waals surface area contributed by atoms with E-state index in [0.29, 0.717) is 19.6 Å². The highest BCUT2D eigenvalue weighted by atomic mass is 16.5. The molecule has 0 bridgehead atoms. The summed E-state index contributed by atoms with van der Waals surface area (Å²) >= 11 is 0.